The van der Waals surface area contributed by atoms with Gasteiger partial charge in [-0.3, -0.25) is 0 Å². The van der Waals surface area contributed by atoms with Crippen LogP contribution in [-0.4, -0.2) is 24.7 Å². The second kappa shape index (κ2) is 2.86. The molecule has 0 atom stereocenters. The molecule has 5 nitrogen and oxygen atoms in total. The minimum absolute atomic E-state index is 0.197. The van der Waals surface area contributed by atoms with Gasteiger partial charge in [0.2, 0.25) is 5.28 Å². The highest BCUT2D eigenvalue weighted by atomic mass is 35.5. The minimum atomic E-state index is 0.197. The lowest BCUT2D eigenvalue weighted by Crippen LogP contribution is -1.98. The van der Waals surface area contributed by atoms with Crippen molar-refractivity contribution in [3.8, 4) is 5.82 Å². The van der Waals surface area contributed by atoms with E-state index < -0.39 is 0 Å². The van der Waals surface area contributed by atoms with Gasteiger partial charge in [0.25, 0.3) is 0 Å². The monoisotopic (exact) mass is 181 g/mol. The van der Waals surface area contributed by atoms with Crippen molar-refractivity contribution in [3.63, 3.8) is 0 Å². The molecule has 0 aliphatic rings. The largest absolute Gasteiger partial charge is 0.226 e. The molecule has 0 saturated heterocycles. The van der Waals surface area contributed by atoms with Crippen molar-refractivity contribution in [1.29, 1.82) is 0 Å². The Bertz CT molecular complexity index is 371. The van der Waals surface area contributed by atoms with E-state index in [0.29, 0.717) is 5.82 Å². The highest BCUT2D eigenvalue weighted by molar-refractivity contribution is 6.28. The molecule has 0 spiro atoms. The first-order chi connectivity index (χ1) is 5.86. The van der Waals surface area contributed by atoms with E-state index in [0.717, 1.165) is 0 Å². The van der Waals surface area contributed by atoms with Gasteiger partial charge in [0.05, 0.1) is 0 Å². The molecule has 0 amide bonds. The van der Waals surface area contributed by atoms with Crippen LogP contribution in [0.1, 0.15) is 0 Å². The van der Waals surface area contributed by atoms with Crippen LogP contribution in [0.5, 0.6) is 0 Å². The zero-order valence-electron chi connectivity index (χ0n) is 5.92. The quantitative estimate of drug-likeness (QED) is 0.608. The summed E-state index contributed by atoms with van der Waals surface area (Å²) in [6, 6.07) is 1.69. The first-order valence-electron chi connectivity index (χ1n) is 3.20. The van der Waals surface area contributed by atoms with E-state index in [1.165, 1.54) is 11.0 Å². The van der Waals surface area contributed by atoms with Crippen LogP contribution in [0, 0.1) is 0 Å². The van der Waals surface area contributed by atoms with Gasteiger partial charge in [-0.25, -0.2) is 14.6 Å². The average molecular weight is 182 g/mol. The predicted molar refractivity (Wildman–Crippen MR) is 42.0 cm³/mol. The minimum Gasteiger partial charge on any atom is -0.226 e. The van der Waals surface area contributed by atoms with Gasteiger partial charge >= 0.3 is 0 Å². The molecule has 2 heterocycles. The van der Waals surface area contributed by atoms with Gasteiger partial charge in [-0.05, 0) is 11.6 Å². The fraction of sp³-hybridized carbons (Fsp3) is 0. The van der Waals surface area contributed by atoms with Crippen molar-refractivity contribution in [1.82, 2.24) is 24.7 Å². The maximum atomic E-state index is 5.58. The van der Waals surface area contributed by atoms with Crippen molar-refractivity contribution in [2.75, 3.05) is 0 Å². The lowest BCUT2D eigenvalue weighted by atomic mass is 10.6. The molecule has 0 unspecified atom stereocenters. The van der Waals surface area contributed by atoms with Crippen molar-refractivity contribution < 1.29 is 0 Å². The molecule has 2 aromatic heterocycles. The summed E-state index contributed by atoms with van der Waals surface area (Å²) in [5.41, 5.74) is 0. The molecule has 60 valence electrons. The van der Waals surface area contributed by atoms with Crippen LogP contribution in [0.2, 0.25) is 5.28 Å². The van der Waals surface area contributed by atoms with Crippen molar-refractivity contribution in [2.45, 2.75) is 0 Å². The summed E-state index contributed by atoms with van der Waals surface area (Å²) in [7, 11) is 0. The van der Waals surface area contributed by atoms with Gasteiger partial charge < -0.3 is 0 Å². The van der Waals surface area contributed by atoms with E-state index in [-0.39, 0.29) is 5.28 Å². The Hall–Kier alpha value is -1.49. The van der Waals surface area contributed by atoms with Crippen LogP contribution < -0.4 is 0 Å². The molecule has 2 rings (SSSR count). The molecule has 0 aliphatic carbocycles. The molecule has 0 saturated carbocycles. The van der Waals surface area contributed by atoms with Gasteiger partial charge in [0.1, 0.15) is 12.7 Å². The lowest BCUT2D eigenvalue weighted by Gasteiger charge is -1.96. The van der Waals surface area contributed by atoms with E-state index >= 15 is 0 Å². The lowest BCUT2D eigenvalue weighted by molar-refractivity contribution is 0.838. The van der Waals surface area contributed by atoms with E-state index in [2.05, 4.69) is 20.1 Å². The Labute approximate surface area is 73.1 Å². The Balaban J connectivity index is 2.48. The third kappa shape index (κ3) is 1.26. The molecule has 0 bridgehead atoms. The molecule has 0 aliphatic heterocycles. The normalized spacial score (nSPS) is 10.1. The summed E-state index contributed by atoms with van der Waals surface area (Å²) >= 11 is 5.58. The van der Waals surface area contributed by atoms with Crippen molar-refractivity contribution >= 4 is 11.6 Å². The summed E-state index contributed by atoms with van der Waals surface area (Å²) in [5, 5.41) is 4.08. The summed E-state index contributed by atoms with van der Waals surface area (Å²) in [6.45, 7) is 0. The van der Waals surface area contributed by atoms with Crippen LogP contribution in [-0.2, 0) is 0 Å². The second-order valence-corrected chi connectivity index (χ2v) is 2.36. The first-order valence-corrected chi connectivity index (χ1v) is 3.57. The van der Waals surface area contributed by atoms with Gasteiger partial charge in [0, 0.05) is 12.3 Å². The van der Waals surface area contributed by atoms with Crippen molar-refractivity contribution in [3.05, 3.63) is 30.2 Å². The van der Waals surface area contributed by atoms with Gasteiger partial charge in [-0.15, -0.1) is 0 Å². The van der Waals surface area contributed by atoms with Crippen molar-refractivity contribution in [2.24, 2.45) is 0 Å². The first kappa shape index (κ1) is 7.17. The van der Waals surface area contributed by atoms with Crippen LogP contribution in [0.3, 0.4) is 0 Å². The summed E-state index contributed by atoms with van der Waals surface area (Å²) in [4.78, 5) is 11.4. The second-order valence-electron chi connectivity index (χ2n) is 2.02. The van der Waals surface area contributed by atoms with Gasteiger partial charge in [0.15, 0.2) is 5.82 Å². The maximum Gasteiger partial charge on any atom is 0.224 e. The number of hydrogen-bond acceptors (Lipinski definition) is 4. The summed E-state index contributed by atoms with van der Waals surface area (Å²) in [5.74, 6) is 0.604. The Kier molecular flexibility index (Phi) is 1.71. The van der Waals surface area contributed by atoms with Crippen LogP contribution >= 0.6 is 11.6 Å². The average Bonchev–Trinajstić information content (AvgIpc) is 2.56. The molecule has 0 aromatic carbocycles. The highest BCUT2D eigenvalue weighted by Gasteiger charge is 1.98. The van der Waals surface area contributed by atoms with Gasteiger partial charge in [-0.1, -0.05) is 0 Å². The molecule has 2 aromatic rings. The SMILES string of the molecule is Clc1nccc(-n2cncn2)n1. The molecular weight excluding hydrogens is 178 g/mol. The number of rotatable bonds is 1. The number of hydrogen-bond donors (Lipinski definition) is 0. The molecule has 0 fully saturated rings. The Morgan fingerprint density at radius 3 is 3.00 bits per heavy atom. The van der Waals surface area contributed by atoms with E-state index in [4.69, 9.17) is 11.6 Å². The highest BCUT2D eigenvalue weighted by Crippen LogP contribution is 2.03. The smallest absolute Gasteiger partial charge is 0.224 e. The zero-order chi connectivity index (χ0) is 8.39. The zero-order valence-corrected chi connectivity index (χ0v) is 6.68. The van der Waals surface area contributed by atoms with Crippen LogP contribution in [0.15, 0.2) is 24.9 Å². The summed E-state index contributed by atoms with van der Waals surface area (Å²) in [6.07, 6.45) is 4.53. The number of nitrogens with zero attached hydrogens (tertiary/aromatic N) is 5. The number of aromatic nitrogens is 5. The molecule has 6 heteroatoms. The van der Waals surface area contributed by atoms with Gasteiger partial charge in [-0.2, -0.15) is 10.1 Å². The standard InChI is InChI=1S/C6H4ClN5/c7-6-9-2-1-5(11-6)12-4-8-3-10-12/h1-4H. The van der Waals surface area contributed by atoms with Crippen LogP contribution in [0.25, 0.3) is 5.82 Å². The molecule has 0 radical (unpaired) electrons. The summed E-state index contributed by atoms with van der Waals surface area (Å²) < 4.78 is 1.51. The fourth-order valence-corrected chi connectivity index (χ4v) is 0.923. The Morgan fingerprint density at radius 2 is 2.33 bits per heavy atom. The predicted octanol–water partition coefficient (Wildman–Crippen LogP) is 0.711. The van der Waals surface area contributed by atoms with Crippen LogP contribution in [0.4, 0.5) is 0 Å². The third-order valence-electron chi connectivity index (χ3n) is 1.26. The fourth-order valence-electron chi connectivity index (χ4n) is 0.780. The molecular formula is C6H4ClN5. The maximum absolute atomic E-state index is 5.58. The third-order valence-corrected chi connectivity index (χ3v) is 1.45. The van der Waals surface area contributed by atoms with E-state index in [1.807, 2.05) is 0 Å². The molecule has 12 heavy (non-hydrogen) atoms. The molecule has 0 N–H and O–H groups in total. The van der Waals surface area contributed by atoms with E-state index in [9.17, 15) is 0 Å². The number of halogens is 1. The van der Waals surface area contributed by atoms with E-state index in [1.54, 1.807) is 18.6 Å². The topological polar surface area (TPSA) is 56.5 Å². The Morgan fingerprint density at radius 1 is 1.42 bits per heavy atom.